The zero-order valence-corrected chi connectivity index (χ0v) is 16.2. The van der Waals surface area contributed by atoms with Crippen molar-refractivity contribution in [3.8, 4) is 0 Å². The summed E-state index contributed by atoms with van der Waals surface area (Å²) in [6, 6.07) is 10.5. The van der Waals surface area contributed by atoms with Gasteiger partial charge in [-0.2, -0.15) is 5.10 Å². The van der Waals surface area contributed by atoms with E-state index < -0.39 is 0 Å². The number of carbonyl (C=O) groups excluding carboxylic acids is 1. The summed E-state index contributed by atoms with van der Waals surface area (Å²) in [7, 11) is 0. The Bertz CT molecular complexity index is 1090. The average Bonchev–Trinajstić information content (AvgIpc) is 3.48. The summed E-state index contributed by atoms with van der Waals surface area (Å²) < 4.78 is 11.2. The topological polar surface area (TPSA) is 71.8 Å². The molecule has 0 N–H and O–H groups in total. The number of pyridine rings is 1. The molecule has 0 spiro atoms. The summed E-state index contributed by atoms with van der Waals surface area (Å²) >= 11 is 6.19. The third-order valence-corrected chi connectivity index (χ3v) is 5.69. The van der Waals surface area contributed by atoms with Crippen molar-refractivity contribution >= 4 is 29.3 Å². The Balaban J connectivity index is 1.59. The largest absolute Gasteiger partial charge is 0.467 e. The molecule has 2 aliphatic rings. The molecule has 1 fully saturated rings. The van der Waals surface area contributed by atoms with Crippen LogP contribution in [0.25, 0.3) is 6.08 Å². The molecule has 0 radical (unpaired) electrons. The van der Waals surface area contributed by atoms with Gasteiger partial charge in [0.25, 0.3) is 5.91 Å². The first-order chi connectivity index (χ1) is 14.2. The smallest absolute Gasteiger partial charge is 0.277 e. The molecule has 5 rings (SSSR count). The van der Waals surface area contributed by atoms with Crippen molar-refractivity contribution in [2.45, 2.75) is 25.3 Å². The van der Waals surface area contributed by atoms with Gasteiger partial charge in [-0.05, 0) is 67.3 Å². The van der Waals surface area contributed by atoms with Gasteiger partial charge in [0, 0.05) is 12.1 Å². The van der Waals surface area contributed by atoms with Crippen LogP contribution in [0.2, 0.25) is 5.15 Å². The minimum Gasteiger partial charge on any atom is -0.467 e. The predicted molar refractivity (Wildman–Crippen MR) is 108 cm³/mol. The normalized spacial score (nSPS) is 22.6. The number of carbonyl (C=O) groups is 1. The minimum atomic E-state index is -0.316. The monoisotopic (exact) mass is 407 g/mol. The summed E-state index contributed by atoms with van der Waals surface area (Å²) in [6.07, 6.45) is 9.65. The van der Waals surface area contributed by atoms with Gasteiger partial charge in [-0.25, -0.2) is 9.99 Å². The molecule has 146 valence electrons. The molecule has 2 atom stereocenters. The van der Waals surface area contributed by atoms with Crippen LogP contribution < -0.4 is 0 Å². The number of furan rings is 2. The Labute approximate surface area is 172 Å². The highest BCUT2D eigenvalue weighted by atomic mass is 35.5. The summed E-state index contributed by atoms with van der Waals surface area (Å²) in [5.41, 5.74) is 2.31. The Morgan fingerprint density at radius 2 is 2.03 bits per heavy atom. The Morgan fingerprint density at radius 3 is 2.79 bits per heavy atom. The van der Waals surface area contributed by atoms with Crippen LogP contribution in [0.3, 0.4) is 0 Å². The lowest BCUT2D eigenvalue weighted by atomic mass is 9.79. The van der Waals surface area contributed by atoms with E-state index in [1.165, 1.54) is 5.01 Å². The third-order valence-electron chi connectivity index (χ3n) is 5.39. The molecular weight excluding hydrogens is 390 g/mol. The van der Waals surface area contributed by atoms with E-state index in [0.29, 0.717) is 11.3 Å². The Kier molecular flexibility index (Phi) is 4.56. The number of hydrogen-bond donors (Lipinski definition) is 0. The lowest BCUT2D eigenvalue weighted by molar-refractivity contribution is 0.0656. The fourth-order valence-electron chi connectivity index (χ4n) is 4.12. The minimum absolute atomic E-state index is 0.0514. The van der Waals surface area contributed by atoms with Gasteiger partial charge in [0.1, 0.15) is 22.7 Å². The maximum absolute atomic E-state index is 13.4. The molecule has 3 aromatic heterocycles. The standard InChI is InChI=1S/C22H18ClN3O3/c23-21-17(8-2-10-24-21)22(27)26-20(18-9-4-12-29-18)16-7-1-5-14(19(16)25-26)13-15-6-3-11-28-15/h2-4,6,8-13,16,20H,1,5,7H2/b14-13+/t16-,20-/m1/s1. The van der Waals surface area contributed by atoms with Crippen LogP contribution in [0, 0.1) is 5.92 Å². The first-order valence-corrected chi connectivity index (χ1v) is 9.90. The number of fused-ring (bicyclic) bond motifs is 1. The van der Waals surface area contributed by atoms with Crippen molar-refractivity contribution in [3.05, 3.63) is 82.9 Å². The van der Waals surface area contributed by atoms with Gasteiger partial charge in [0.15, 0.2) is 0 Å². The van der Waals surface area contributed by atoms with Crippen LogP contribution in [0.15, 0.2) is 74.6 Å². The predicted octanol–water partition coefficient (Wildman–Crippen LogP) is 5.36. The Morgan fingerprint density at radius 1 is 1.17 bits per heavy atom. The van der Waals surface area contributed by atoms with E-state index in [1.807, 2.05) is 30.3 Å². The van der Waals surface area contributed by atoms with Gasteiger partial charge in [-0.3, -0.25) is 4.79 Å². The van der Waals surface area contributed by atoms with Gasteiger partial charge in [-0.1, -0.05) is 11.6 Å². The zero-order valence-electron chi connectivity index (χ0n) is 15.5. The second kappa shape index (κ2) is 7.37. The van der Waals surface area contributed by atoms with E-state index in [0.717, 1.165) is 36.3 Å². The zero-order chi connectivity index (χ0) is 19.8. The van der Waals surface area contributed by atoms with Crippen LogP contribution in [-0.2, 0) is 0 Å². The van der Waals surface area contributed by atoms with Gasteiger partial charge in [-0.15, -0.1) is 0 Å². The molecule has 7 heteroatoms. The average molecular weight is 408 g/mol. The maximum Gasteiger partial charge on any atom is 0.277 e. The van der Waals surface area contributed by atoms with Crippen molar-refractivity contribution < 1.29 is 13.6 Å². The molecule has 0 saturated heterocycles. The summed E-state index contributed by atoms with van der Waals surface area (Å²) in [6.45, 7) is 0. The van der Waals surface area contributed by atoms with Gasteiger partial charge in [0.05, 0.1) is 23.8 Å². The van der Waals surface area contributed by atoms with Gasteiger partial charge in [0.2, 0.25) is 0 Å². The lowest BCUT2D eigenvalue weighted by Crippen LogP contribution is -2.31. The second-order valence-corrected chi connectivity index (χ2v) is 7.48. The molecule has 29 heavy (non-hydrogen) atoms. The molecule has 1 saturated carbocycles. The summed E-state index contributed by atoms with van der Waals surface area (Å²) in [4.78, 5) is 17.4. The molecule has 0 unspecified atom stereocenters. The summed E-state index contributed by atoms with van der Waals surface area (Å²) in [5, 5.41) is 6.44. The maximum atomic E-state index is 13.4. The molecule has 1 amide bonds. The van der Waals surface area contributed by atoms with Crippen molar-refractivity contribution in [3.63, 3.8) is 0 Å². The highest BCUT2D eigenvalue weighted by Crippen LogP contribution is 2.45. The highest BCUT2D eigenvalue weighted by molar-refractivity contribution is 6.32. The molecule has 0 aromatic carbocycles. The first-order valence-electron chi connectivity index (χ1n) is 9.53. The van der Waals surface area contributed by atoms with E-state index in [4.69, 9.17) is 25.5 Å². The quantitative estimate of drug-likeness (QED) is 0.548. The number of aromatic nitrogens is 1. The number of hydrazone groups is 1. The molecular formula is C22H18ClN3O3. The second-order valence-electron chi connectivity index (χ2n) is 7.12. The van der Waals surface area contributed by atoms with E-state index in [1.54, 1.807) is 30.9 Å². The van der Waals surface area contributed by atoms with Crippen LogP contribution >= 0.6 is 11.6 Å². The van der Waals surface area contributed by atoms with Crippen molar-refractivity contribution in [1.29, 1.82) is 0 Å². The van der Waals surface area contributed by atoms with E-state index in [-0.39, 0.29) is 23.0 Å². The lowest BCUT2D eigenvalue weighted by Gasteiger charge is -2.27. The molecule has 3 aromatic rings. The van der Waals surface area contributed by atoms with Crippen LogP contribution in [0.4, 0.5) is 0 Å². The van der Waals surface area contributed by atoms with Crippen LogP contribution in [0.1, 0.15) is 47.2 Å². The third kappa shape index (κ3) is 3.19. The number of halogens is 1. The van der Waals surface area contributed by atoms with E-state index in [9.17, 15) is 4.79 Å². The number of allylic oxidation sites excluding steroid dienone is 1. The molecule has 0 bridgehead atoms. The number of nitrogens with zero attached hydrogens (tertiary/aromatic N) is 3. The molecule has 6 nitrogen and oxygen atoms in total. The number of hydrogen-bond acceptors (Lipinski definition) is 5. The molecule has 4 heterocycles. The molecule has 1 aliphatic carbocycles. The van der Waals surface area contributed by atoms with Crippen molar-refractivity contribution in [1.82, 2.24) is 9.99 Å². The fraction of sp³-hybridized carbons (Fsp3) is 0.227. The van der Waals surface area contributed by atoms with Crippen molar-refractivity contribution in [2.24, 2.45) is 11.0 Å². The number of rotatable bonds is 3. The SMILES string of the molecule is O=C(c1cccnc1Cl)N1N=C2/C(=C/c3ccco3)CCC[C@H]2[C@@H]1c1ccco1. The van der Waals surface area contributed by atoms with Crippen LogP contribution in [0.5, 0.6) is 0 Å². The van der Waals surface area contributed by atoms with Crippen molar-refractivity contribution in [2.75, 3.05) is 0 Å². The van der Waals surface area contributed by atoms with Gasteiger partial charge >= 0.3 is 0 Å². The number of amides is 1. The first kappa shape index (κ1) is 17.9. The fourth-order valence-corrected chi connectivity index (χ4v) is 4.32. The van der Waals surface area contributed by atoms with E-state index in [2.05, 4.69) is 4.98 Å². The van der Waals surface area contributed by atoms with Gasteiger partial charge < -0.3 is 8.83 Å². The van der Waals surface area contributed by atoms with E-state index >= 15 is 0 Å². The Hall–Kier alpha value is -3.12. The summed E-state index contributed by atoms with van der Waals surface area (Å²) in [5.74, 6) is 1.25. The highest BCUT2D eigenvalue weighted by Gasteiger charge is 2.45. The molecule has 1 aliphatic heterocycles. The van der Waals surface area contributed by atoms with Crippen LogP contribution in [-0.4, -0.2) is 21.6 Å².